The molecule has 0 radical (unpaired) electrons. The van der Waals surface area contributed by atoms with Crippen LogP contribution in [0.1, 0.15) is 12.6 Å². The molecule has 0 spiro atoms. The van der Waals surface area contributed by atoms with Gasteiger partial charge in [0.1, 0.15) is 11.2 Å². The van der Waals surface area contributed by atoms with Crippen molar-refractivity contribution < 1.29 is 9.53 Å². The maximum atomic E-state index is 12.0. The second kappa shape index (κ2) is 4.95. The monoisotopic (exact) mass is 247 g/mol. The number of rotatable bonds is 3. The summed E-state index contributed by atoms with van der Waals surface area (Å²) in [4.78, 5) is 31.6. The fourth-order valence-corrected chi connectivity index (χ4v) is 1.68. The minimum atomic E-state index is -0.453. The van der Waals surface area contributed by atoms with Crippen LogP contribution in [0.25, 0.3) is 11.2 Å². The van der Waals surface area contributed by atoms with E-state index in [1.165, 1.54) is 4.57 Å². The maximum absolute atomic E-state index is 12.0. The number of aromatic nitrogens is 3. The zero-order valence-electron chi connectivity index (χ0n) is 10.2. The lowest BCUT2D eigenvalue weighted by Crippen LogP contribution is -2.26. The van der Waals surface area contributed by atoms with Gasteiger partial charge in [0, 0.05) is 13.2 Å². The Labute approximate surface area is 103 Å². The molecule has 0 amide bonds. The third-order valence-corrected chi connectivity index (χ3v) is 2.51. The van der Waals surface area contributed by atoms with Crippen LogP contribution < -0.4 is 5.56 Å². The van der Waals surface area contributed by atoms with E-state index in [0.717, 1.165) is 0 Å². The second-order valence-electron chi connectivity index (χ2n) is 3.75. The van der Waals surface area contributed by atoms with Gasteiger partial charge in [0.2, 0.25) is 0 Å². The van der Waals surface area contributed by atoms with E-state index in [4.69, 9.17) is 4.74 Å². The van der Waals surface area contributed by atoms with Crippen LogP contribution in [0.5, 0.6) is 0 Å². The summed E-state index contributed by atoms with van der Waals surface area (Å²) in [6.45, 7) is 2.00. The van der Waals surface area contributed by atoms with E-state index < -0.39 is 5.97 Å². The highest BCUT2D eigenvalue weighted by atomic mass is 16.5. The summed E-state index contributed by atoms with van der Waals surface area (Å²) >= 11 is 0. The fourth-order valence-electron chi connectivity index (χ4n) is 1.68. The summed E-state index contributed by atoms with van der Waals surface area (Å²) in [6.07, 6.45) is 1.47. The van der Waals surface area contributed by atoms with E-state index in [1.807, 2.05) is 0 Å². The summed E-state index contributed by atoms with van der Waals surface area (Å²) in [5.41, 5.74) is 0.930. The van der Waals surface area contributed by atoms with E-state index in [9.17, 15) is 9.59 Å². The number of carbonyl (C=O) groups excluding carboxylic acids is 1. The van der Waals surface area contributed by atoms with E-state index >= 15 is 0 Å². The van der Waals surface area contributed by atoms with Crippen molar-refractivity contribution in [1.29, 1.82) is 0 Å². The first-order valence-corrected chi connectivity index (χ1v) is 5.59. The van der Waals surface area contributed by atoms with Crippen LogP contribution in [0.4, 0.5) is 0 Å². The van der Waals surface area contributed by atoms with Gasteiger partial charge in [0.15, 0.2) is 5.65 Å². The first kappa shape index (κ1) is 12.2. The average Bonchev–Trinajstić information content (AvgIpc) is 2.36. The van der Waals surface area contributed by atoms with Gasteiger partial charge in [0.05, 0.1) is 13.0 Å². The third-order valence-electron chi connectivity index (χ3n) is 2.51. The van der Waals surface area contributed by atoms with Crippen LogP contribution >= 0.6 is 0 Å². The summed E-state index contributed by atoms with van der Waals surface area (Å²) in [6, 6.07) is 3.48. The summed E-state index contributed by atoms with van der Waals surface area (Å²) in [5.74, 6) is -0.453. The number of aryl methyl sites for hydroxylation is 1. The molecule has 2 heterocycles. The van der Waals surface area contributed by atoms with Crippen molar-refractivity contribution in [2.45, 2.75) is 13.3 Å². The van der Waals surface area contributed by atoms with Gasteiger partial charge in [-0.1, -0.05) is 0 Å². The van der Waals surface area contributed by atoms with Crippen LogP contribution in [0.3, 0.4) is 0 Å². The number of hydrogen-bond acceptors (Lipinski definition) is 5. The highest BCUT2D eigenvalue weighted by molar-refractivity contribution is 5.74. The molecule has 2 rings (SSSR count). The lowest BCUT2D eigenvalue weighted by molar-refractivity contribution is -0.142. The molecule has 2 aromatic heterocycles. The van der Waals surface area contributed by atoms with Crippen molar-refractivity contribution in [2.24, 2.45) is 7.05 Å². The van der Waals surface area contributed by atoms with Gasteiger partial charge >= 0.3 is 5.97 Å². The molecule has 0 unspecified atom stereocenters. The van der Waals surface area contributed by atoms with Crippen molar-refractivity contribution in [3.63, 3.8) is 0 Å². The van der Waals surface area contributed by atoms with Gasteiger partial charge in [0.25, 0.3) is 5.56 Å². The van der Waals surface area contributed by atoms with E-state index in [0.29, 0.717) is 11.2 Å². The van der Waals surface area contributed by atoms with Crippen LogP contribution in [0, 0.1) is 0 Å². The molecule has 2 aromatic rings. The van der Waals surface area contributed by atoms with Crippen molar-refractivity contribution in [3.8, 4) is 0 Å². The topological polar surface area (TPSA) is 74.1 Å². The van der Waals surface area contributed by atoms with Gasteiger partial charge in [-0.25, -0.2) is 9.97 Å². The lowest BCUT2D eigenvalue weighted by Gasteiger charge is -2.06. The number of hydrogen-bond donors (Lipinski definition) is 0. The molecule has 0 fully saturated rings. The predicted octanol–water partition coefficient (Wildman–Crippen LogP) is 0.434. The highest BCUT2D eigenvalue weighted by Gasteiger charge is 2.13. The van der Waals surface area contributed by atoms with Gasteiger partial charge in [-0.3, -0.25) is 14.2 Å². The molecule has 0 aliphatic heterocycles. The molecule has 0 saturated heterocycles. The highest BCUT2D eigenvalue weighted by Crippen LogP contribution is 2.05. The Morgan fingerprint density at radius 1 is 1.50 bits per heavy atom. The molecule has 0 aliphatic carbocycles. The number of ether oxygens (including phenoxy) is 1. The van der Waals surface area contributed by atoms with E-state index in [1.54, 1.807) is 32.3 Å². The maximum Gasteiger partial charge on any atom is 0.312 e. The Hall–Kier alpha value is -2.24. The third kappa shape index (κ3) is 2.22. The first-order valence-electron chi connectivity index (χ1n) is 5.59. The van der Waals surface area contributed by atoms with Gasteiger partial charge in [-0.05, 0) is 19.1 Å². The Bertz CT molecular complexity index is 649. The minimum Gasteiger partial charge on any atom is -0.466 e. The standard InChI is InChI=1S/C12H13N3O3/c1-3-18-10(16)7-9-12(17)15(2)11-8(14-9)5-4-6-13-11/h4-6H,3,7H2,1-2H3. The molecule has 0 N–H and O–H groups in total. The summed E-state index contributed by atoms with van der Waals surface area (Å²) < 4.78 is 6.20. The summed E-state index contributed by atoms with van der Waals surface area (Å²) in [7, 11) is 1.61. The average molecular weight is 247 g/mol. The van der Waals surface area contributed by atoms with Crippen LogP contribution in [0.15, 0.2) is 23.1 Å². The normalized spacial score (nSPS) is 10.6. The number of fused-ring (bicyclic) bond motifs is 1. The van der Waals surface area contributed by atoms with Crippen molar-refractivity contribution >= 4 is 17.1 Å². The van der Waals surface area contributed by atoms with Crippen LogP contribution in [0.2, 0.25) is 0 Å². The second-order valence-corrected chi connectivity index (χ2v) is 3.75. The molecule has 0 aliphatic rings. The number of pyridine rings is 1. The van der Waals surface area contributed by atoms with Crippen LogP contribution in [-0.2, 0) is 23.0 Å². The van der Waals surface area contributed by atoms with E-state index in [-0.39, 0.29) is 24.3 Å². The van der Waals surface area contributed by atoms with Gasteiger partial charge in [-0.15, -0.1) is 0 Å². The Kier molecular flexibility index (Phi) is 3.36. The zero-order valence-corrected chi connectivity index (χ0v) is 10.2. The molecule has 0 bridgehead atoms. The minimum absolute atomic E-state index is 0.120. The van der Waals surface area contributed by atoms with Crippen molar-refractivity contribution in [1.82, 2.24) is 14.5 Å². The lowest BCUT2D eigenvalue weighted by atomic mass is 10.3. The molecule has 0 aromatic carbocycles. The molecule has 94 valence electrons. The predicted molar refractivity (Wildman–Crippen MR) is 65.1 cm³/mol. The molecule has 6 nitrogen and oxygen atoms in total. The molecule has 0 atom stereocenters. The van der Waals surface area contributed by atoms with Gasteiger partial charge in [-0.2, -0.15) is 0 Å². The summed E-state index contributed by atoms with van der Waals surface area (Å²) in [5, 5.41) is 0. The molecular weight excluding hydrogens is 234 g/mol. The SMILES string of the molecule is CCOC(=O)Cc1nc2cccnc2n(C)c1=O. The molecule has 0 saturated carbocycles. The Balaban J connectivity index is 2.49. The zero-order chi connectivity index (χ0) is 13.1. The smallest absolute Gasteiger partial charge is 0.312 e. The molecule has 18 heavy (non-hydrogen) atoms. The number of carbonyl (C=O) groups is 1. The van der Waals surface area contributed by atoms with Crippen LogP contribution in [-0.4, -0.2) is 27.1 Å². The fraction of sp³-hybridized carbons (Fsp3) is 0.333. The number of nitrogens with zero attached hydrogens (tertiary/aromatic N) is 3. The van der Waals surface area contributed by atoms with Gasteiger partial charge < -0.3 is 4.74 Å². The molecular formula is C12H13N3O3. The van der Waals surface area contributed by atoms with Crippen molar-refractivity contribution in [3.05, 3.63) is 34.4 Å². The Morgan fingerprint density at radius 3 is 3.00 bits per heavy atom. The number of esters is 1. The first-order chi connectivity index (χ1) is 8.63. The Morgan fingerprint density at radius 2 is 2.28 bits per heavy atom. The quantitative estimate of drug-likeness (QED) is 0.735. The van der Waals surface area contributed by atoms with E-state index in [2.05, 4.69) is 9.97 Å². The largest absolute Gasteiger partial charge is 0.466 e. The van der Waals surface area contributed by atoms with Crippen molar-refractivity contribution in [2.75, 3.05) is 6.61 Å². The molecule has 6 heteroatoms.